The third kappa shape index (κ3) is 3.50. The van der Waals surface area contributed by atoms with Gasteiger partial charge in [-0.05, 0) is 12.1 Å². The first kappa shape index (κ1) is 14.8. The van der Waals surface area contributed by atoms with Crippen LogP contribution in [0, 0.1) is 0 Å². The van der Waals surface area contributed by atoms with Crippen molar-refractivity contribution in [1.82, 2.24) is 5.32 Å². The number of nitrogens with zero attached hydrogens (tertiary/aromatic N) is 1. The van der Waals surface area contributed by atoms with Crippen molar-refractivity contribution in [2.75, 3.05) is 30.4 Å². The fraction of sp³-hybridized carbons (Fsp3) is 0.357. The summed E-state index contributed by atoms with van der Waals surface area (Å²) in [6.07, 6.45) is 0.165. The van der Waals surface area contributed by atoms with Gasteiger partial charge < -0.3 is 20.3 Å². The fourth-order valence-corrected chi connectivity index (χ4v) is 1.97. The highest BCUT2D eigenvalue weighted by Gasteiger charge is 2.24. The summed E-state index contributed by atoms with van der Waals surface area (Å²) in [5, 5.41) is 5.28. The number of amides is 3. The largest absolute Gasteiger partial charge is 0.479 e. The molecule has 21 heavy (non-hydrogen) atoms. The maximum Gasteiger partial charge on any atom is 0.264 e. The summed E-state index contributed by atoms with van der Waals surface area (Å²) < 4.78 is 5.41. The average molecular weight is 291 g/mol. The molecule has 1 aromatic carbocycles. The molecular formula is C14H17N3O4. The molecule has 0 spiro atoms. The molecular weight excluding hydrogens is 274 g/mol. The molecule has 7 heteroatoms. The molecule has 7 nitrogen and oxygen atoms in total. The smallest absolute Gasteiger partial charge is 0.264 e. The van der Waals surface area contributed by atoms with Gasteiger partial charge in [0.15, 0.2) is 12.4 Å². The van der Waals surface area contributed by atoms with E-state index in [0.717, 1.165) is 0 Å². The van der Waals surface area contributed by atoms with Crippen molar-refractivity contribution in [1.29, 1.82) is 0 Å². The van der Waals surface area contributed by atoms with Crippen LogP contribution in [0.1, 0.15) is 13.3 Å². The zero-order chi connectivity index (χ0) is 15.4. The van der Waals surface area contributed by atoms with Crippen molar-refractivity contribution in [3.8, 4) is 5.75 Å². The highest BCUT2D eigenvalue weighted by Crippen LogP contribution is 2.37. The molecule has 0 saturated carbocycles. The molecule has 0 atom stereocenters. The Morgan fingerprint density at radius 3 is 2.86 bits per heavy atom. The molecule has 1 aromatic rings. The first-order valence-electron chi connectivity index (χ1n) is 6.55. The molecule has 0 unspecified atom stereocenters. The van der Waals surface area contributed by atoms with Crippen molar-refractivity contribution >= 4 is 29.1 Å². The van der Waals surface area contributed by atoms with E-state index in [4.69, 9.17) is 4.74 Å². The number of carbonyl (C=O) groups excluding carboxylic acids is 3. The molecule has 0 bridgehead atoms. The second-order valence-electron chi connectivity index (χ2n) is 4.68. The normalized spacial score (nSPS) is 13.2. The molecule has 2 rings (SSSR count). The zero-order valence-electron chi connectivity index (χ0n) is 11.9. The summed E-state index contributed by atoms with van der Waals surface area (Å²) in [6.45, 7) is 1.61. The Bertz CT molecular complexity index is 586. The van der Waals surface area contributed by atoms with Gasteiger partial charge in [0.1, 0.15) is 0 Å². The third-order valence-corrected chi connectivity index (χ3v) is 3.07. The highest BCUT2D eigenvalue weighted by molar-refractivity contribution is 6.01. The Morgan fingerprint density at radius 2 is 2.14 bits per heavy atom. The zero-order valence-corrected chi connectivity index (χ0v) is 11.9. The van der Waals surface area contributed by atoms with Gasteiger partial charge in [0.25, 0.3) is 5.91 Å². The maximum absolute atomic E-state index is 11.8. The maximum atomic E-state index is 11.8. The van der Waals surface area contributed by atoms with Gasteiger partial charge in [-0.1, -0.05) is 6.07 Å². The van der Waals surface area contributed by atoms with Gasteiger partial charge in [-0.25, -0.2) is 0 Å². The lowest BCUT2D eigenvalue weighted by Gasteiger charge is -2.27. The second kappa shape index (κ2) is 6.25. The summed E-state index contributed by atoms with van der Waals surface area (Å²) in [5.74, 6) is -0.0761. The van der Waals surface area contributed by atoms with Crippen molar-refractivity contribution in [2.24, 2.45) is 0 Å². The number of rotatable bonds is 4. The SMILES string of the molecule is CC(=O)NCCC(=O)Nc1cccc2c1OCC(=O)N2C. The van der Waals surface area contributed by atoms with E-state index < -0.39 is 0 Å². The van der Waals surface area contributed by atoms with Crippen LogP contribution in [-0.4, -0.2) is 37.9 Å². The average Bonchev–Trinajstić information content (AvgIpc) is 2.43. The Balaban J connectivity index is 2.06. The van der Waals surface area contributed by atoms with Crippen LogP contribution in [0.3, 0.4) is 0 Å². The number of likely N-dealkylation sites (N-methyl/N-ethyl adjacent to an activating group) is 1. The predicted octanol–water partition coefficient (Wildman–Crippen LogP) is 0.506. The van der Waals surface area contributed by atoms with Gasteiger partial charge in [-0.3, -0.25) is 14.4 Å². The van der Waals surface area contributed by atoms with Crippen LogP contribution in [0.5, 0.6) is 5.75 Å². The standard InChI is InChI=1S/C14H17N3O4/c1-9(18)15-7-6-12(19)16-10-4-3-5-11-14(10)21-8-13(20)17(11)2/h3-5H,6-8H2,1-2H3,(H,15,18)(H,16,19). The van der Waals surface area contributed by atoms with Crippen LogP contribution in [-0.2, 0) is 14.4 Å². The lowest BCUT2D eigenvalue weighted by molar-refractivity contribution is -0.121. The molecule has 0 aromatic heterocycles. The van der Waals surface area contributed by atoms with Crippen LogP contribution >= 0.6 is 0 Å². The number of para-hydroxylation sites is 1. The first-order chi connectivity index (χ1) is 9.99. The van der Waals surface area contributed by atoms with Crippen molar-refractivity contribution < 1.29 is 19.1 Å². The molecule has 1 aliphatic rings. The lowest BCUT2D eigenvalue weighted by atomic mass is 10.2. The van der Waals surface area contributed by atoms with Crippen molar-refractivity contribution in [3.63, 3.8) is 0 Å². The monoisotopic (exact) mass is 291 g/mol. The summed E-state index contributed by atoms with van der Waals surface area (Å²) in [7, 11) is 1.66. The van der Waals surface area contributed by atoms with E-state index in [9.17, 15) is 14.4 Å². The van der Waals surface area contributed by atoms with Gasteiger partial charge in [0.2, 0.25) is 11.8 Å². The number of nitrogens with one attached hydrogen (secondary N) is 2. The fourth-order valence-electron chi connectivity index (χ4n) is 1.97. The quantitative estimate of drug-likeness (QED) is 0.846. The van der Waals surface area contributed by atoms with Crippen molar-refractivity contribution in [2.45, 2.75) is 13.3 Å². The molecule has 0 radical (unpaired) electrons. The van der Waals surface area contributed by atoms with Crippen LogP contribution in [0.2, 0.25) is 0 Å². The van der Waals surface area contributed by atoms with E-state index in [0.29, 0.717) is 17.1 Å². The molecule has 0 fully saturated rings. The van der Waals surface area contributed by atoms with Crippen LogP contribution < -0.4 is 20.3 Å². The molecule has 0 aliphatic carbocycles. The minimum atomic E-state index is -0.236. The molecule has 112 valence electrons. The number of benzene rings is 1. The number of fused-ring (bicyclic) bond motifs is 1. The van der Waals surface area contributed by atoms with E-state index in [1.165, 1.54) is 11.8 Å². The summed E-state index contributed by atoms with van der Waals surface area (Å²) in [4.78, 5) is 35.6. The third-order valence-electron chi connectivity index (χ3n) is 3.07. The number of hydrogen-bond acceptors (Lipinski definition) is 4. The second-order valence-corrected chi connectivity index (χ2v) is 4.68. The molecule has 0 saturated heterocycles. The summed E-state index contributed by atoms with van der Waals surface area (Å²) in [5.41, 5.74) is 1.13. The van der Waals surface area contributed by atoms with Gasteiger partial charge in [0, 0.05) is 26.9 Å². The van der Waals surface area contributed by atoms with Gasteiger partial charge in [-0.15, -0.1) is 0 Å². The Morgan fingerprint density at radius 1 is 1.38 bits per heavy atom. The van der Waals surface area contributed by atoms with Gasteiger partial charge in [-0.2, -0.15) is 0 Å². The van der Waals surface area contributed by atoms with E-state index in [-0.39, 0.29) is 37.3 Å². The highest BCUT2D eigenvalue weighted by atomic mass is 16.5. The minimum absolute atomic E-state index is 0.0533. The van der Waals surface area contributed by atoms with E-state index in [1.54, 1.807) is 25.2 Å². The van der Waals surface area contributed by atoms with Crippen LogP contribution in [0.15, 0.2) is 18.2 Å². The minimum Gasteiger partial charge on any atom is -0.479 e. The van der Waals surface area contributed by atoms with E-state index >= 15 is 0 Å². The Hall–Kier alpha value is -2.57. The number of ether oxygens (including phenoxy) is 1. The van der Waals surface area contributed by atoms with Gasteiger partial charge in [0.05, 0.1) is 11.4 Å². The molecule has 1 heterocycles. The van der Waals surface area contributed by atoms with E-state index in [1.807, 2.05) is 0 Å². The van der Waals surface area contributed by atoms with Crippen molar-refractivity contribution in [3.05, 3.63) is 18.2 Å². The van der Waals surface area contributed by atoms with E-state index in [2.05, 4.69) is 10.6 Å². The first-order valence-corrected chi connectivity index (χ1v) is 6.55. The summed E-state index contributed by atoms with van der Waals surface area (Å²) in [6, 6.07) is 5.19. The predicted molar refractivity (Wildman–Crippen MR) is 77.3 cm³/mol. The summed E-state index contributed by atoms with van der Waals surface area (Å²) >= 11 is 0. The molecule has 1 aliphatic heterocycles. The lowest BCUT2D eigenvalue weighted by Crippen LogP contribution is -2.35. The van der Waals surface area contributed by atoms with Crippen LogP contribution in [0.25, 0.3) is 0 Å². The van der Waals surface area contributed by atoms with Gasteiger partial charge >= 0.3 is 0 Å². The Kier molecular flexibility index (Phi) is 4.42. The topological polar surface area (TPSA) is 87.7 Å². The molecule has 2 N–H and O–H groups in total. The molecule has 3 amide bonds. The number of hydrogen-bond donors (Lipinski definition) is 2. The number of anilines is 2. The Labute approximate surface area is 122 Å². The number of carbonyl (C=O) groups is 3. The van der Waals surface area contributed by atoms with Crippen LogP contribution in [0.4, 0.5) is 11.4 Å².